The molecule has 0 spiro atoms. The number of para-hydroxylation sites is 2. The molecule has 0 unspecified atom stereocenters. The fourth-order valence-electron chi connectivity index (χ4n) is 11.6. The van der Waals surface area contributed by atoms with Crippen LogP contribution in [-0.4, -0.2) is 19.1 Å². The highest BCUT2D eigenvalue weighted by atomic mass is 15.2. The maximum Gasteiger partial charge on any atom is 0.235 e. The molecule has 0 N–H and O–H groups in total. The highest BCUT2D eigenvalue weighted by Gasteiger charge is 2.21. The van der Waals surface area contributed by atoms with E-state index in [1.54, 1.807) is 0 Å². The summed E-state index contributed by atoms with van der Waals surface area (Å²) in [6.07, 6.45) is 0. The van der Waals surface area contributed by atoms with Crippen molar-refractivity contribution in [1.29, 1.82) is 0 Å². The van der Waals surface area contributed by atoms with E-state index >= 15 is 0 Å². The van der Waals surface area contributed by atoms with Gasteiger partial charge in [-0.2, -0.15) is 0 Å². The molecule has 15 aromatic rings. The van der Waals surface area contributed by atoms with Crippen LogP contribution < -0.4 is 0 Å². The van der Waals surface area contributed by atoms with Crippen molar-refractivity contribution in [3.05, 3.63) is 255 Å². The summed E-state index contributed by atoms with van der Waals surface area (Å²) in [7, 11) is 0. The van der Waals surface area contributed by atoms with Crippen molar-refractivity contribution in [1.82, 2.24) is 19.1 Å². The zero-order chi connectivity index (χ0) is 47.3. The fraction of sp³-hybridized carbons (Fsp3) is 0. The summed E-state index contributed by atoms with van der Waals surface area (Å²) in [6.45, 7) is 0. The molecule has 12 aromatic carbocycles. The molecule has 72 heavy (non-hydrogen) atoms. The molecule has 15 rings (SSSR count). The molecule has 334 valence electrons. The van der Waals surface area contributed by atoms with Gasteiger partial charge in [-0.1, -0.05) is 188 Å². The summed E-state index contributed by atoms with van der Waals surface area (Å²) < 4.78 is 4.68. The van der Waals surface area contributed by atoms with Crippen molar-refractivity contribution in [3.63, 3.8) is 0 Å². The topological polar surface area (TPSA) is 35.6 Å². The lowest BCUT2D eigenvalue weighted by Gasteiger charge is -2.16. The Bertz CT molecular complexity index is 4560. The first-order valence-electron chi connectivity index (χ1n) is 24.6. The Labute approximate surface area is 415 Å². The smallest absolute Gasteiger partial charge is 0.235 e. The molecule has 0 amide bonds. The number of rotatable bonds is 6. The summed E-state index contributed by atoms with van der Waals surface area (Å²) in [4.78, 5) is 11.2. The summed E-state index contributed by atoms with van der Waals surface area (Å²) in [5, 5.41) is 14.2. The van der Waals surface area contributed by atoms with Gasteiger partial charge in [0.1, 0.15) is 0 Å². The molecule has 0 fully saturated rings. The van der Waals surface area contributed by atoms with Gasteiger partial charge in [-0.05, 0) is 132 Å². The van der Waals surface area contributed by atoms with Crippen LogP contribution in [0, 0.1) is 0 Å². The van der Waals surface area contributed by atoms with Crippen LogP contribution in [-0.2, 0) is 0 Å². The third-order valence-electron chi connectivity index (χ3n) is 14.9. The average molecular weight is 915 g/mol. The van der Waals surface area contributed by atoms with E-state index in [-0.39, 0.29) is 0 Å². The van der Waals surface area contributed by atoms with Crippen LogP contribution in [0.2, 0.25) is 0 Å². The van der Waals surface area contributed by atoms with Gasteiger partial charge in [0.25, 0.3) is 0 Å². The quantitative estimate of drug-likeness (QED) is 0.156. The van der Waals surface area contributed by atoms with Crippen LogP contribution in [0.5, 0.6) is 0 Å². The Morgan fingerprint density at radius 3 is 1.22 bits per heavy atom. The van der Waals surface area contributed by atoms with E-state index in [1.165, 1.54) is 65.3 Å². The van der Waals surface area contributed by atoms with Crippen molar-refractivity contribution in [3.8, 4) is 56.4 Å². The third kappa shape index (κ3) is 6.26. The molecular formula is C68H42N4. The second-order valence-electron chi connectivity index (χ2n) is 18.9. The van der Waals surface area contributed by atoms with Gasteiger partial charge < -0.3 is 4.57 Å². The van der Waals surface area contributed by atoms with Gasteiger partial charge in [0.15, 0.2) is 0 Å². The molecule has 0 bridgehead atoms. The number of aromatic nitrogens is 4. The van der Waals surface area contributed by atoms with Gasteiger partial charge >= 0.3 is 0 Å². The van der Waals surface area contributed by atoms with Crippen molar-refractivity contribution >= 4 is 86.7 Å². The maximum atomic E-state index is 5.61. The monoisotopic (exact) mass is 914 g/mol. The van der Waals surface area contributed by atoms with Gasteiger partial charge in [-0.25, -0.2) is 9.97 Å². The summed E-state index contributed by atoms with van der Waals surface area (Å²) >= 11 is 0. The molecule has 0 saturated carbocycles. The number of hydrogen-bond acceptors (Lipinski definition) is 2. The standard InChI is InChI=1S/C68H42N4/c1-2-17-43(18-3-1)44-21-16-22-49(37-44)71-64-31-14-12-29-56(64)60-38-45(33-35-66(60)71)46-34-36-67-61(39-46)57-30-13-15-32-65(57)72(67)68-69-62(58-40-47-19-4-6-23-50(47)52-25-8-10-27-54(52)58)42-63(70-68)59-41-48-20-5-7-24-51(48)53-26-9-11-28-55(53)59/h1-42H. The number of hydrogen-bond donors (Lipinski definition) is 0. The summed E-state index contributed by atoms with van der Waals surface area (Å²) in [6, 6.07) is 92.4. The van der Waals surface area contributed by atoms with Crippen molar-refractivity contribution < 1.29 is 0 Å². The molecular weight excluding hydrogens is 873 g/mol. The Hall–Kier alpha value is -9.64. The predicted octanol–water partition coefficient (Wildman–Crippen LogP) is 18.0. The van der Waals surface area contributed by atoms with E-state index < -0.39 is 0 Å². The lowest BCUT2D eigenvalue weighted by atomic mass is 9.93. The molecule has 4 nitrogen and oxygen atoms in total. The molecule has 0 saturated heterocycles. The second-order valence-corrected chi connectivity index (χ2v) is 18.9. The number of fused-ring (bicyclic) bond motifs is 12. The predicted molar refractivity (Wildman–Crippen MR) is 302 cm³/mol. The van der Waals surface area contributed by atoms with Crippen LogP contribution in [0.15, 0.2) is 255 Å². The van der Waals surface area contributed by atoms with Crippen LogP contribution >= 0.6 is 0 Å². The zero-order valence-corrected chi connectivity index (χ0v) is 39.0. The Morgan fingerprint density at radius 1 is 0.236 bits per heavy atom. The molecule has 4 heteroatoms. The van der Waals surface area contributed by atoms with Crippen LogP contribution in [0.1, 0.15) is 0 Å². The van der Waals surface area contributed by atoms with Crippen molar-refractivity contribution in [2.24, 2.45) is 0 Å². The number of nitrogens with zero attached hydrogens (tertiary/aromatic N) is 4. The second kappa shape index (κ2) is 16.0. The lowest BCUT2D eigenvalue weighted by Crippen LogP contribution is -2.04. The Kier molecular flexibility index (Phi) is 8.92. The Balaban J connectivity index is 0.939. The van der Waals surface area contributed by atoms with Gasteiger partial charge in [-0.15, -0.1) is 0 Å². The van der Waals surface area contributed by atoms with Crippen LogP contribution in [0.25, 0.3) is 143 Å². The highest BCUT2D eigenvalue weighted by Crippen LogP contribution is 2.42. The summed E-state index contributed by atoms with van der Waals surface area (Å²) in [5.41, 5.74) is 14.2. The first-order chi connectivity index (χ1) is 35.7. The minimum absolute atomic E-state index is 0.626. The van der Waals surface area contributed by atoms with Crippen molar-refractivity contribution in [2.45, 2.75) is 0 Å². The molecule has 0 aliphatic carbocycles. The largest absolute Gasteiger partial charge is 0.309 e. The minimum atomic E-state index is 0.626. The molecule has 0 aliphatic rings. The molecule has 0 aliphatic heterocycles. The third-order valence-corrected chi connectivity index (χ3v) is 14.9. The fourth-order valence-corrected chi connectivity index (χ4v) is 11.6. The van der Waals surface area contributed by atoms with Gasteiger partial charge in [0.05, 0.1) is 33.5 Å². The molecule has 0 radical (unpaired) electrons. The SMILES string of the molecule is c1ccc(-c2cccc(-n3c4ccccc4c4cc(-c5ccc6c(c5)c5ccccc5n6-c5nc(-c6cc7ccccc7c7ccccc67)cc(-c6cc7ccccc7c7ccccc67)n5)ccc43)c2)cc1. The lowest BCUT2D eigenvalue weighted by molar-refractivity contribution is 0.997. The van der Waals surface area contributed by atoms with Crippen molar-refractivity contribution in [2.75, 3.05) is 0 Å². The van der Waals surface area contributed by atoms with E-state index in [9.17, 15) is 0 Å². The Morgan fingerprint density at radius 2 is 0.653 bits per heavy atom. The van der Waals surface area contributed by atoms with Gasteiger partial charge in [-0.3, -0.25) is 4.57 Å². The highest BCUT2D eigenvalue weighted by molar-refractivity contribution is 6.16. The first kappa shape index (κ1) is 40.3. The number of benzene rings is 12. The molecule has 3 aromatic heterocycles. The maximum absolute atomic E-state index is 5.61. The van der Waals surface area contributed by atoms with Gasteiger partial charge in [0, 0.05) is 38.4 Å². The zero-order valence-electron chi connectivity index (χ0n) is 39.0. The van der Waals surface area contributed by atoms with Crippen LogP contribution in [0.3, 0.4) is 0 Å². The van der Waals surface area contributed by atoms with E-state index in [2.05, 4.69) is 264 Å². The molecule has 3 heterocycles. The van der Waals surface area contributed by atoms with E-state index in [0.717, 1.165) is 71.9 Å². The van der Waals surface area contributed by atoms with Gasteiger partial charge in [0.2, 0.25) is 5.95 Å². The van der Waals surface area contributed by atoms with Crippen LogP contribution in [0.4, 0.5) is 0 Å². The summed E-state index contributed by atoms with van der Waals surface area (Å²) in [5.74, 6) is 0.626. The van der Waals surface area contributed by atoms with E-state index in [0.29, 0.717) is 5.95 Å². The normalized spacial score (nSPS) is 11.9. The average Bonchev–Trinajstić information content (AvgIpc) is 3.97. The minimum Gasteiger partial charge on any atom is -0.309 e. The van der Waals surface area contributed by atoms with E-state index in [4.69, 9.17) is 9.97 Å². The molecule has 0 atom stereocenters. The first-order valence-corrected chi connectivity index (χ1v) is 24.6. The van der Waals surface area contributed by atoms with E-state index in [1.807, 2.05) is 0 Å².